The Morgan fingerprint density at radius 2 is 2.20 bits per heavy atom. The molecule has 0 rings (SSSR count). The van der Waals surface area contributed by atoms with E-state index in [9.17, 15) is 4.79 Å². The summed E-state index contributed by atoms with van der Waals surface area (Å²) in [5.41, 5.74) is 9.32. The summed E-state index contributed by atoms with van der Waals surface area (Å²) in [7, 11) is 0. The first-order chi connectivity index (χ1) is 6.92. The van der Waals surface area contributed by atoms with Crippen molar-refractivity contribution in [1.29, 1.82) is 5.41 Å². The summed E-state index contributed by atoms with van der Waals surface area (Å²) in [5, 5.41) is 21.1. The molecule has 0 fully saturated rings. The Labute approximate surface area is 88.7 Å². The number of carboxylic acid groups (broad SMARTS) is 1. The van der Waals surface area contributed by atoms with Gasteiger partial charge in [0.2, 0.25) is 0 Å². The number of hydrogen-bond acceptors (Lipinski definition) is 4. The number of carboxylic acids is 1. The Morgan fingerprint density at radius 1 is 1.60 bits per heavy atom. The predicted octanol–water partition coefficient (Wildman–Crippen LogP) is -1.40. The van der Waals surface area contributed by atoms with E-state index < -0.39 is 11.6 Å². The van der Waals surface area contributed by atoms with E-state index in [4.69, 9.17) is 22.0 Å². The smallest absolute Gasteiger partial charge is 0.338 e. The monoisotopic (exact) mass is 217 g/mol. The summed E-state index contributed by atoms with van der Waals surface area (Å²) in [6, 6.07) is 0. The lowest BCUT2D eigenvalue weighted by Crippen LogP contribution is -2.59. The van der Waals surface area contributed by atoms with Gasteiger partial charge in [-0.1, -0.05) is 6.92 Å². The second-order valence-electron chi connectivity index (χ2n) is 3.25. The van der Waals surface area contributed by atoms with Crippen molar-refractivity contribution >= 4 is 11.9 Å². The average molecular weight is 217 g/mol. The molecule has 0 aliphatic carbocycles. The highest BCUT2D eigenvalue weighted by Crippen LogP contribution is 2.05. The molecule has 1 atom stereocenters. The summed E-state index contributed by atoms with van der Waals surface area (Å²) in [6.07, 6.45) is 0.797. The summed E-state index contributed by atoms with van der Waals surface area (Å²) < 4.78 is 0. The van der Waals surface area contributed by atoms with E-state index in [1.807, 2.05) is 0 Å². The molecular weight excluding hydrogens is 198 g/mol. The number of aliphatic carboxylic acids is 1. The Kier molecular flexibility index (Phi) is 5.65. The van der Waals surface area contributed by atoms with Crippen molar-refractivity contribution in [1.82, 2.24) is 10.6 Å². The Hall–Kier alpha value is -1.34. The van der Waals surface area contributed by atoms with Crippen LogP contribution in [-0.4, -0.2) is 35.8 Å². The van der Waals surface area contributed by atoms with E-state index in [1.165, 1.54) is 0 Å². The van der Waals surface area contributed by atoms with Crippen LogP contribution in [0.15, 0.2) is 0 Å². The molecule has 0 saturated heterocycles. The number of guanidine groups is 1. The third kappa shape index (κ3) is 5.18. The molecule has 0 aromatic rings. The number of nitrogens with two attached hydrogens (primary N) is 2. The zero-order valence-electron chi connectivity index (χ0n) is 8.84. The van der Waals surface area contributed by atoms with Crippen LogP contribution in [0.4, 0.5) is 0 Å². The van der Waals surface area contributed by atoms with Gasteiger partial charge in [-0.3, -0.25) is 10.7 Å². The molecule has 88 valence electrons. The van der Waals surface area contributed by atoms with E-state index >= 15 is 0 Å². The lowest BCUT2D eigenvalue weighted by atomic mass is 10.1. The molecule has 1 unspecified atom stereocenters. The van der Waals surface area contributed by atoms with Gasteiger partial charge in [0.1, 0.15) is 0 Å². The lowest BCUT2D eigenvalue weighted by Gasteiger charge is -2.25. The molecular formula is C8H19N5O2. The fourth-order valence-electron chi connectivity index (χ4n) is 1.18. The molecule has 0 aromatic heterocycles. The lowest BCUT2D eigenvalue weighted by molar-refractivity contribution is -0.145. The molecule has 0 radical (unpaired) electrons. The van der Waals surface area contributed by atoms with Gasteiger partial charge in [-0.05, 0) is 19.4 Å². The Balaban J connectivity index is 3.97. The van der Waals surface area contributed by atoms with Gasteiger partial charge in [0.15, 0.2) is 11.6 Å². The SMILES string of the molecule is CCNC(N)(CCCNC(=N)N)C(=O)O. The van der Waals surface area contributed by atoms with Crippen molar-refractivity contribution in [3.63, 3.8) is 0 Å². The minimum Gasteiger partial charge on any atom is -0.479 e. The number of likely N-dealkylation sites (N-methyl/N-ethyl adjacent to an activating group) is 1. The molecule has 0 bridgehead atoms. The van der Waals surface area contributed by atoms with Gasteiger partial charge in [0, 0.05) is 6.54 Å². The highest BCUT2D eigenvalue weighted by molar-refractivity contribution is 5.77. The second kappa shape index (κ2) is 6.20. The average Bonchev–Trinajstić information content (AvgIpc) is 2.12. The zero-order valence-corrected chi connectivity index (χ0v) is 8.84. The van der Waals surface area contributed by atoms with Crippen molar-refractivity contribution in [2.45, 2.75) is 25.4 Å². The number of hydrogen-bond donors (Lipinski definition) is 6. The van der Waals surface area contributed by atoms with Gasteiger partial charge in [-0.2, -0.15) is 0 Å². The molecule has 0 amide bonds. The van der Waals surface area contributed by atoms with Gasteiger partial charge in [-0.25, -0.2) is 4.79 Å². The third-order valence-corrected chi connectivity index (χ3v) is 1.94. The second-order valence-corrected chi connectivity index (χ2v) is 3.25. The molecule has 0 spiro atoms. The first-order valence-corrected chi connectivity index (χ1v) is 4.77. The van der Waals surface area contributed by atoms with E-state index in [2.05, 4.69) is 10.6 Å². The van der Waals surface area contributed by atoms with Crippen LogP contribution in [-0.2, 0) is 4.79 Å². The highest BCUT2D eigenvalue weighted by atomic mass is 16.4. The van der Waals surface area contributed by atoms with E-state index in [0.717, 1.165) is 0 Å². The molecule has 7 heteroatoms. The van der Waals surface area contributed by atoms with Gasteiger partial charge < -0.3 is 21.9 Å². The van der Waals surface area contributed by atoms with Gasteiger partial charge >= 0.3 is 5.97 Å². The molecule has 7 nitrogen and oxygen atoms in total. The summed E-state index contributed by atoms with van der Waals surface area (Å²) in [6.45, 7) is 2.72. The molecule has 0 saturated carbocycles. The maximum Gasteiger partial charge on any atom is 0.338 e. The molecule has 15 heavy (non-hydrogen) atoms. The number of nitrogens with one attached hydrogen (secondary N) is 3. The maximum atomic E-state index is 10.9. The minimum atomic E-state index is -1.40. The van der Waals surface area contributed by atoms with Crippen LogP contribution in [0.3, 0.4) is 0 Å². The maximum absolute atomic E-state index is 10.9. The zero-order chi connectivity index (χ0) is 11.9. The molecule has 0 aliphatic heterocycles. The van der Waals surface area contributed by atoms with Crippen molar-refractivity contribution in [3.05, 3.63) is 0 Å². The van der Waals surface area contributed by atoms with E-state index in [1.54, 1.807) is 6.92 Å². The summed E-state index contributed by atoms with van der Waals surface area (Å²) in [4.78, 5) is 10.9. The van der Waals surface area contributed by atoms with Gasteiger partial charge in [0.05, 0.1) is 0 Å². The topological polar surface area (TPSA) is 137 Å². The number of carbonyl (C=O) groups is 1. The summed E-state index contributed by atoms with van der Waals surface area (Å²) >= 11 is 0. The van der Waals surface area contributed by atoms with Crippen LogP contribution < -0.4 is 22.1 Å². The van der Waals surface area contributed by atoms with Crippen LogP contribution in [0, 0.1) is 5.41 Å². The fourth-order valence-corrected chi connectivity index (χ4v) is 1.18. The largest absolute Gasteiger partial charge is 0.479 e. The van der Waals surface area contributed by atoms with Crippen LogP contribution in [0.5, 0.6) is 0 Å². The normalized spacial score (nSPS) is 14.3. The summed E-state index contributed by atoms with van der Waals surface area (Å²) in [5.74, 6) is -1.21. The van der Waals surface area contributed by atoms with Crippen LogP contribution >= 0.6 is 0 Å². The van der Waals surface area contributed by atoms with Crippen LogP contribution in [0.2, 0.25) is 0 Å². The molecule has 0 heterocycles. The van der Waals surface area contributed by atoms with Crippen molar-refractivity contribution in [2.75, 3.05) is 13.1 Å². The standard InChI is InChI=1S/C8H19N5O2/c1-2-13-8(11,6(14)15)4-3-5-12-7(9)10/h13H,2-5,11H2,1H3,(H,14,15)(H4,9,10,12). The quantitative estimate of drug-likeness (QED) is 0.134. The molecule has 8 N–H and O–H groups in total. The first-order valence-electron chi connectivity index (χ1n) is 4.77. The van der Waals surface area contributed by atoms with Crippen molar-refractivity contribution in [2.24, 2.45) is 11.5 Å². The van der Waals surface area contributed by atoms with Crippen LogP contribution in [0.25, 0.3) is 0 Å². The predicted molar refractivity (Wildman–Crippen MR) is 57.4 cm³/mol. The minimum absolute atomic E-state index is 0.128. The fraction of sp³-hybridized carbons (Fsp3) is 0.750. The van der Waals surface area contributed by atoms with E-state index in [-0.39, 0.29) is 12.4 Å². The first kappa shape index (κ1) is 13.7. The van der Waals surface area contributed by atoms with E-state index in [0.29, 0.717) is 19.5 Å². The third-order valence-electron chi connectivity index (χ3n) is 1.94. The Bertz CT molecular complexity index is 233. The van der Waals surface area contributed by atoms with Crippen molar-refractivity contribution < 1.29 is 9.90 Å². The Morgan fingerprint density at radius 3 is 2.60 bits per heavy atom. The molecule has 0 aliphatic rings. The number of rotatable bonds is 7. The highest BCUT2D eigenvalue weighted by Gasteiger charge is 2.31. The van der Waals surface area contributed by atoms with Crippen molar-refractivity contribution in [3.8, 4) is 0 Å². The van der Waals surface area contributed by atoms with Gasteiger partial charge in [0.25, 0.3) is 0 Å². The van der Waals surface area contributed by atoms with Gasteiger partial charge in [-0.15, -0.1) is 0 Å². The molecule has 0 aromatic carbocycles. The van der Waals surface area contributed by atoms with Crippen LogP contribution in [0.1, 0.15) is 19.8 Å².